The normalized spacial score (nSPS) is 16.8. The summed E-state index contributed by atoms with van der Waals surface area (Å²) in [5.41, 5.74) is 2.05. The van der Waals surface area contributed by atoms with Gasteiger partial charge in [-0.15, -0.1) is 0 Å². The van der Waals surface area contributed by atoms with Gasteiger partial charge in [-0.3, -0.25) is 5.32 Å². The van der Waals surface area contributed by atoms with Gasteiger partial charge in [0.15, 0.2) is 0 Å². The average molecular weight is 325 g/mol. The number of hydrogen-bond acceptors (Lipinski definition) is 5. The lowest BCUT2D eigenvalue weighted by Crippen LogP contribution is -2.43. The third kappa shape index (κ3) is 2.98. The number of aromatic nitrogens is 1. The molecule has 0 atom stereocenters. The first-order valence-corrected chi connectivity index (χ1v) is 8.06. The van der Waals surface area contributed by atoms with E-state index < -0.39 is 0 Å². The van der Waals surface area contributed by atoms with Gasteiger partial charge in [-0.05, 0) is 30.3 Å². The van der Waals surface area contributed by atoms with Gasteiger partial charge < -0.3 is 20.3 Å². The van der Waals surface area contributed by atoms with Gasteiger partial charge in [-0.25, -0.2) is 9.78 Å². The number of nitrogens with zero attached hydrogens (tertiary/aromatic N) is 2. The molecule has 7 nitrogen and oxygen atoms in total. The van der Waals surface area contributed by atoms with Crippen molar-refractivity contribution in [3.63, 3.8) is 0 Å². The Bertz CT molecular complexity index is 741. The minimum atomic E-state index is -0.243. The molecule has 1 aromatic carbocycles. The maximum atomic E-state index is 11.4. The van der Waals surface area contributed by atoms with E-state index in [1.165, 1.54) is 5.69 Å². The molecule has 0 saturated carbocycles. The molecule has 2 aliphatic heterocycles. The number of piperazine rings is 1. The molecule has 7 heteroatoms. The first-order chi connectivity index (χ1) is 11.8. The number of urea groups is 1. The van der Waals surface area contributed by atoms with Crippen molar-refractivity contribution in [1.82, 2.24) is 15.6 Å². The second-order valence-corrected chi connectivity index (χ2v) is 5.78. The largest absolute Gasteiger partial charge is 0.457 e. The van der Waals surface area contributed by atoms with Gasteiger partial charge in [0.1, 0.15) is 17.3 Å². The number of anilines is 2. The molecule has 3 heterocycles. The molecule has 0 bridgehead atoms. The topological polar surface area (TPSA) is 78.5 Å². The summed E-state index contributed by atoms with van der Waals surface area (Å²) >= 11 is 0. The number of rotatable bonds is 3. The summed E-state index contributed by atoms with van der Waals surface area (Å²) in [5.74, 6) is 2.01. The molecular weight excluding hydrogens is 306 g/mol. The lowest BCUT2D eigenvalue weighted by atomic mass is 10.2. The van der Waals surface area contributed by atoms with Gasteiger partial charge in [0.2, 0.25) is 0 Å². The number of nitrogens with one attached hydrogen (secondary N) is 3. The van der Waals surface area contributed by atoms with E-state index in [0.29, 0.717) is 18.1 Å². The molecule has 0 unspecified atom stereocenters. The number of carbonyl (C=O) groups is 1. The summed E-state index contributed by atoms with van der Waals surface area (Å²) in [4.78, 5) is 17.9. The van der Waals surface area contributed by atoms with Crippen LogP contribution in [0.5, 0.6) is 11.5 Å². The maximum absolute atomic E-state index is 11.4. The van der Waals surface area contributed by atoms with Crippen molar-refractivity contribution in [2.24, 2.45) is 0 Å². The van der Waals surface area contributed by atoms with Gasteiger partial charge in [0.25, 0.3) is 0 Å². The molecule has 1 fully saturated rings. The summed E-state index contributed by atoms with van der Waals surface area (Å²) in [7, 11) is 0. The van der Waals surface area contributed by atoms with Crippen molar-refractivity contribution < 1.29 is 9.53 Å². The fraction of sp³-hybridized carbons (Fsp3) is 0.294. The Morgan fingerprint density at radius 3 is 2.67 bits per heavy atom. The van der Waals surface area contributed by atoms with Crippen molar-refractivity contribution in [2.45, 2.75) is 6.54 Å². The Hall–Kier alpha value is -2.80. The van der Waals surface area contributed by atoms with Crippen molar-refractivity contribution >= 4 is 17.5 Å². The van der Waals surface area contributed by atoms with E-state index in [2.05, 4.69) is 38.0 Å². The zero-order valence-corrected chi connectivity index (χ0v) is 13.2. The predicted molar refractivity (Wildman–Crippen MR) is 91.7 cm³/mol. The number of fused-ring (bicyclic) bond motifs is 1. The summed E-state index contributed by atoms with van der Waals surface area (Å²) in [6.07, 6.45) is 1.63. The molecule has 1 saturated heterocycles. The lowest BCUT2D eigenvalue weighted by molar-refractivity contribution is 0.250. The third-order valence-electron chi connectivity index (χ3n) is 4.22. The minimum absolute atomic E-state index is 0.243. The second-order valence-electron chi connectivity index (χ2n) is 5.78. The number of carbonyl (C=O) groups excluding carboxylic acids is 1. The van der Waals surface area contributed by atoms with Crippen LogP contribution >= 0.6 is 0 Å². The minimum Gasteiger partial charge on any atom is -0.457 e. The fourth-order valence-electron chi connectivity index (χ4n) is 2.94. The molecular formula is C17H19N5O2. The van der Waals surface area contributed by atoms with E-state index in [9.17, 15) is 4.79 Å². The molecule has 24 heavy (non-hydrogen) atoms. The van der Waals surface area contributed by atoms with Crippen LogP contribution in [0.3, 0.4) is 0 Å². The average Bonchev–Trinajstić information content (AvgIpc) is 2.63. The molecule has 2 aliphatic rings. The van der Waals surface area contributed by atoms with Crippen molar-refractivity contribution in [3.8, 4) is 11.5 Å². The molecule has 2 aromatic rings. The highest BCUT2D eigenvalue weighted by Crippen LogP contribution is 2.31. The van der Waals surface area contributed by atoms with Gasteiger partial charge in [0, 0.05) is 38.1 Å². The number of ether oxygens (including phenoxy) is 1. The molecule has 4 rings (SSSR count). The van der Waals surface area contributed by atoms with Crippen LogP contribution in [0.1, 0.15) is 5.56 Å². The zero-order chi connectivity index (χ0) is 16.4. The second kappa shape index (κ2) is 6.37. The van der Waals surface area contributed by atoms with Crippen LogP contribution in [-0.4, -0.2) is 37.2 Å². The number of pyridine rings is 1. The Labute approximate surface area is 140 Å². The Morgan fingerprint density at radius 1 is 1.08 bits per heavy atom. The number of amides is 2. The number of hydrogen-bond donors (Lipinski definition) is 3. The van der Waals surface area contributed by atoms with Crippen molar-refractivity contribution in [1.29, 1.82) is 0 Å². The van der Waals surface area contributed by atoms with Crippen LogP contribution in [0, 0.1) is 0 Å². The maximum Gasteiger partial charge on any atom is 0.320 e. The monoisotopic (exact) mass is 325 g/mol. The van der Waals surface area contributed by atoms with E-state index in [1.54, 1.807) is 6.20 Å². The van der Waals surface area contributed by atoms with Crippen LogP contribution in [-0.2, 0) is 6.54 Å². The van der Waals surface area contributed by atoms with Crippen LogP contribution in [0.25, 0.3) is 0 Å². The van der Waals surface area contributed by atoms with Crippen LogP contribution in [0.15, 0.2) is 36.5 Å². The van der Waals surface area contributed by atoms with E-state index in [4.69, 9.17) is 4.74 Å². The zero-order valence-electron chi connectivity index (χ0n) is 13.2. The van der Waals surface area contributed by atoms with Gasteiger partial charge in [0.05, 0.1) is 12.1 Å². The summed E-state index contributed by atoms with van der Waals surface area (Å²) < 4.78 is 5.99. The van der Waals surface area contributed by atoms with Crippen molar-refractivity contribution in [2.75, 3.05) is 36.4 Å². The first-order valence-electron chi connectivity index (χ1n) is 8.06. The molecule has 0 aliphatic carbocycles. The molecule has 0 spiro atoms. The van der Waals surface area contributed by atoms with E-state index in [-0.39, 0.29) is 6.03 Å². The van der Waals surface area contributed by atoms with Gasteiger partial charge in [-0.2, -0.15) is 0 Å². The van der Waals surface area contributed by atoms with Gasteiger partial charge >= 0.3 is 6.03 Å². The van der Waals surface area contributed by atoms with Crippen LogP contribution in [0.2, 0.25) is 0 Å². The highest BCUT2D eigenvalue weighted by molar-refractivity contribution is 5.91. The van der Waals surface area contributed by atoms with E-state index in [1.807, 2.05) is 18.2 Å². The lowest BCUT2D eigenvalue weighted by Gasteiger charge is -2.29. The molecule has 124 valence electrons. The SMILES string of the molecule is O=C1NCc2c(Oc3ccc(N4CCNCC4)cc3)ccnc2N1. The summed E-state index contributed by atoms with van der Waals surface area (Å²) in [6.45, 7) is 4.47. The molecule has 0 radical (unpaired) electrons. The summed E-state index contributed by atoms with van der Waals surface area (Å²) in [5, 5.41) is 8.77. The fourth-order valence-corrected chi connectivity index (χ4v) is 2.94. The van der Waals surface area contributed by atoms with E-state index >= 15 is 0 Å². The smallest absolute Gasteiger partial charge is 0.320 e. The van der Waals surface area contributed by atoms with E-state index in [0.717, 1.165) is 37.5 Å². The third-order valence-corrected chi connectivity index (χ3v) is 4.22. The highest BCUT2D eigenvalue weighted by Gasteiger charge is 2.19. The molecule has 3 N–H and O–H groups in total. The Balaban J connectivity index is 1.51. The van der Waals surface area contributed by atoms with Gasteiger partial charge in [-0.1, -0.05) is 0 Å². The number of benzene rings is 1. The Morgan fingerprint density at radius 2 is 1.88 bits per heavy atom. The van der Waals surface area contributed by atoms with Crippen LogP contribution < -0.4 is 25.6 Å². The molecule has 1 aromatic heterocycles. The quantitative estimate of drug-likeness (QED) is 0.803. The summed E-state index contributed by atoms with van der Waals surface area (Å²) in [6, 6.07) is 9.66. The molecule has 2 amide bonds. The standard InChI is InChI=1S/C17H19N5O2/c23-17-20-11-14-15(5-6-19-16(14)21-17)24-13-3-1-12(2-4-13)22-9-7-18-8-10-22/h1-6,18H,7-11H2,(H2,19,20,21,23). The Kier molecular flexibility index (Phi) is 3.92. The highest BCUT2D eigenvalue weighted by atomic mass is 16.5. The first kappa shape index (κ1) is 14.8. The van der Waals surface area contributed by atoms with Crippen molar-refractivity contribution in [3.05, 3.63) is 42.1 Å². The predicted octanol–water partition coefficient (Wildman–Crippen LogP) is 1.92. The van der Waals surface area contributed by atoms with Crippen LogP contribution in [0.4, 0.5) is 16.3 Å².